The van der Waals surface area contributed by atoms with Crippen LogP contribution in [0.5, 0.6) is 0 Å². The van der Waals surface area contributed by atoms with E-state index in [-0.39, 0.29) is 6.10 Å². The quantitative estimate of drug-likeness (QED) is 0.833. The summed E-state index contributed by atoms with van der Waals surface area (Å²) in [5, 5.41) is 14.4. The minimum atomic E-state index is -0.142. The molecular formula is C16H23NOS. The monoisotopic (exact) mass is 277 g/mol. The lowest BCUT2D eigenvalue weighted by Gasteiger charge is -2.23. The summed E-state index contributed by atoms with van der Waals surface area (Å²) in [5.41, 5.74) is 1.49. The van der Waals surface area contributed by atoms with Gasteiger partial charge in [0.05, 0.1) is 6.10 Å². The highest BCUT2D eigenvalue weighted by Gasteiger charge is 2.25. The first-order chi connectivity index (χ1) is 9.33. The number of nitrogens with one attached hydrogen (secondary N) is 1. The average Bonchev–Trinajstić information content (AvgIpc) is 2.73. The van der Waals surface area contributed by atoms with E-state index in [2.05, 4.69) is 29.6 Å². The Bertz CT molecular complexity index is 398. The normalized spacial score (nSPS) is 30.9. The fourth-order valence-corrected chi connectivity index (χ4v) is 4.44. The van der Waals surface area contributed by atoms with Crippen molar-refractivity contribution in [3.8, 4) is 0 Å². The van der Waals surface area contributed by atoms with Gasteiger partial charge < -0.3 is 10.4 Å². The van der Waals surface area contributed by atoms with Gasteiger partial charge in [-0.15, -0.1) is 11.8 Å². The summed E-state index contributed by atoms with van der Waals surface area (Å²) in [6, 6.07) is 9.02. The van der Waals surface area contributed by atoms with Crippen LogP contribution < -0.4 is 5.32 Å². The Morgan fingerprint density at radius 3 is 2.89 bits per heavy atom. The summed E-state index contributed by atoms with van der Waals surface area (Å²) >= 11 is 1.99. The van der Waals surface area contributed by atoms with E-state index in [1.165, 1.54) is 29.7 Å². The first-order valence-corrected chi connectivity index (χ1v) is 8.37. The Morgan fingerprint density at radius 1 is 1.16 bits per heavy atom. The predicted molar refractivity (Wildman–Crippen MR) is 80.7 cm³/mol. The van der Waals surface area contributed by atoms with Crippen molar-refractivity contribution in [3.05, 3.63) is 29.8 Å². The zero-order valence-corrected chi connectivity index (χ0v) is 12.2. The molecule has 104 valence electrons. The van der Waals surface area contributed by atoms with Crippen molar-refractivity contribution < 1.29 is 5.11 Å². The van der Waals surface area contributed by atoms with Gasteiger partial charge in [-0.3, -0.25) is 0 Å². The van der Waals surface area contributed by atoms with Crippen LogP contribution in [-0.4, -0.2) is 29.0 Å². The number of aliphatic hydroxyl groups excluding tert-OH is 1. The van der Waals surface area contributed by atoms with E-state index in [4.69, 9.17) is 0 Å². The zero-order chi connectivity index (χ0) is 13.1. The highest BCUT2D eigenvalue weighted by atomic mass is 32.2. The fourth-order valence-electron chi connectivity index (χ4n) is 3.18. The van der Waals surface area contributed by atoms with Crippen molar-refractivity contribution in [2.45, 2.75) is 60.8 Å². The van der Waals surface area contributed by atoms with Gasteiger partial charge in [-0.2, -0.15) is 0 Å². The maximum atomic E-state index is 10.1. The SMILES string of the molecule is OC1CCCCCC1NCC1Cc2ccccc2S1. The van der Waals surface area contributed by atoms with Crippen LogP contribution in [0.2, 0.25) is 0 Å². The summed E-state index contributed by atoms with van der Waals surface area (Å²) < 4.78 is 0. The second-order valence-electron chi connectivity index (χ2n) is 5.77. The van der Waals surface area contributed by atoms with Gasteiger partial charge >= 0.3 is 0 Å². The van der Waals surface area contributed by atoms with Crippen LogP contribution in [0.15, 0.2) is 29.2 Å². The maximum Gasteiger partial charge on any atom is 0.0693 e. The van der Waals surface area contributed by atoms with Crippen LogP contribution in [0.25, 0.3) is 0 Å². The Morgan fingerprint density at radius 2 is 2.00 bits per heavy atom. The standard InChI is InChI=1S/C16H23NOS/c18-15-8-3-1-2-7-14(15)17-11-13-10-12-6-4-5-9-16(12)19-13/h4-6,9,13-15,17-18H,1-3,7-8,10-11H2. The molecule has 2 N–H and O–H groups in total. The van der Waals surface area contributed by atoms with Crippen molar-refractivity contribution in [1.82, 2.24) is 5.32 Å². The van der Waals surface area contributed by atoms with Gasteiger partial charge in [0.1, 0.15) is 0 Å². The molecule has 1 heterocycles. The van der Waals surface area contributed by atoms with Gasteiger partial charge in [0, 0.05) is 22.7 Å². The molecule has 0 amide bonds. The Labute approximate surface area is 120 Å². The smallest absolute Gasteiger partial charge is 0.0693 e. The molecule has 3 rings (SSSR count). The molecular weight excluding hydrogens is 254 g/mol. The molecule has 2 aliphatic rings. The van der Waals surface area contributed by atoms with Crippen molar-refractivity contribution in [1.29, 1.82) is 0 Å². The highest BCUT2D eigenvalue weighted by Crippen LogP contribution is 2.36. The Balaban J connectivity index is 1.51. The predicted octanol–water partition coefficient (Wildman–Crippen LogP) is 2.99. The Kier molecular flexibility index (Phi) is 4.46. The van der Waals surface area contributed by atoms with E-state index >= 15 is 0 Å². The van der Waals surface area contributed by atoms with Crippen molar-refractivity contribution in [2.75, 3.05) is 6.54 Å². The van der Waals surface area contributed by atoms with E-state index in [1.54, 1.807) is 0 Å². The fraction of sp³-hybridized carbons (Fsp3) is 0.625. The van der Waals surface area contributed by atoms with Crippen molar-refractivity contribution in [3.63, 3.8) is 0 Å². The molecule has 3 unspecified atom stereocenters. The van der Waals surface area contributed by atoms with E-state index in [0.717, 1.165) is 25.8 Å². The Hall–Kier alpha value is -0.510. The first kappa shape index (κ1) is 13.5. The number of hydrogen-bond acceptors (Lipinski definition) is 3. The summed E-state index contributed by atoms with van der Waals surface area (Å²) in [6.45, 7) is 1.01. The molecule has 3 heteroatoms. The van der Waals surface area contributed by atoms with Crippen LogP contribution in [-0.2, 0) is 6.42 Å². The molecule has 1 aromatic rings. The lowest BCUT2D eigenvalue weighted by molar-refractivity contribution is 0.120. The molecule has 0 aromatic heterocycles. The van der Waals surface area contributed by atoms with Gasteiger partial charge in [-0.05, 0) is 30.9 Å². The van der Waals surface area contributed by atoms with Crippen LogP contribution in [0.3, 0.4) is 0 Å². The largest absolute Gasteiger partial charge is 0.392 e. The third-order valence-electron chi connectivity index (χ3n) is 4.30. The van der Waals surface area contributed by atoms with Crippen LogP contribution in [0.1, 0.15) is 37.7 Å². The molecule has 3 atom stereocenters. The van der Waals surface area contributed by atoms with Crippen LogP contribution in [0, 0.1) is 0 Å². The number of rotatable bonds is 3. The number of benzene rings is 1. The minimum absolute atomic E-state index is 0.142. The summed E-state index contributed by atoms with van der Waals surface area (Å²) in [6.07, 6.45) is 6.84. The second kappa shape index (κ2) is 6.29. The molecule has 0 radical (unpaired) electrons. The maximum absolute atomic E-state index is 10.1. The summed E-state index contributed by atoms with van der Waals surface area (Å²) in [4.78, 5) is 1.44. The van der Waals surface area contributed by atoms with E-state index in [0.29, 0.717) is 11.3 Å². The lowest BCUT2D eigenvalue weighted by atomic mass is 10.1. The highest BCUT2D eigenvalue weighted by molar-refractivity contribution is 8.00. The molecule has 2 nitrogen and oxygen atoms in total. The molecule has 1 saturated carbocycles. The van der Waals surface area contributed by atoms with Crippen molar-refractivity contribution in [2.24, 2.45) is 0 Å². The van der Waals surface area contributed by atoms with E-state index in [9.17, 15) is 5.11 Å². The van der Waals surface area contributed by atoms with Gasteiger partial charge in [0.2, 0.25) is 0 Å². The molecule has 19 heavy (non-hydrogen) atoms. The lowest BCUT2D eigenvalue weighted by Crippen LogP contribution is -2.42. The topological polar surface area (TPSA) is 32.3 Å². The number of hydrogen-bond donors (Lipinski definition) is 2. The molecule has 0 saturated heterocycles. The zero-order valence-electron chi connectivity index (χ0n) is 11.3. The van der Waals surface area contributed by atoms with Gasteiger partial charge in [0.15, 0.2) is 0 Å². The van der Waals surface area contributed by atoms with E-state index in [1.807, 2.05) is 11.8 Å². The second-order valence-corrected chi connectivity index (χ2v) is 7.11. The number of fused-ring (bicyclic) bond motifs is 1. The molecule has 0 spiro atoms. The van der Waals surface area contributed by atoms with Crippen molar-refractivity contribution >= 4 is 11.8 Å². The third-order valence-corrected chi connectivity index (χ3v) is 5.62. The minimum Gasteiger partial charge on any atom is -0.392 e. The molecule has 0 bridgehead atoms. The molecule has 1 aromatic carbocycles. The van der Waals surface area contributed by atoms with Gasteiger partial charge in [-0.1, -0.05) is 37.5 Å². The van der Waals surface area contributed by atoms with Crippen LogP contribution >= 0.6 is 11.8 Å². The van der Waals surface area contributed by atoms with Gasteiger partial charge in [-0.25, -0.2) is 0 Å². The van der Waals surface area contributed by atoms with Gasteiger partial charge in [0.25, 0.3) is 0 Å². The molecule has 1 aliphatic carbocycles. The third kappa shape index (κ3) is 3.33. The summed E-state index contributed by atoms with van der Waals surface area (Å²) in [5.74, 6) is 0. The first-order valence-electron chi connectivity index (χ1n) is 7.49. The summed E-state index contributed by atoms with van der Waals surface area (Å²) in [7, 11) is 0. The number of aliphatic hydroxyl groups is 1. The average molecular weight is 277 g/mol. The van der Waals surface area contributed by atoms with Crippen LogP contribution in [0.4, 0.5) is 0 Å². The van der Waals surface area contributed by atoms with E-state index < -0.39 is 0 Å². The molecule has 1 aliphatic heterocycles. The molecule has 1 fully saturated rings. The number of thioether (sulfide) groups is 1.